The molecule has 2 saturated heterocycles. The van der Waals surface area contributed by atoms with E-state index in [0.717, 1.165) is 17.7 Å². The summed E-state index contributed by atoms with van der Waals surface area (Å²) in [5.74, 6) is 0.131. The number of fused-ring (bicyclic) bond motifs is 1. The van der Waals surface area contributed by atoms with Gasteiger partial charge in [-0.25, -0.2) is 0 Å². The molecule has 2 aliphatic rings. The molecule has 0 unspecified atom stereocenters. The Balaban J connectivity index is 1.35. The van der Waals surface area contributed by atoms with Crippen LogP contribution in [0.15, 0.2) is 54.6 Å². The maximum atomic E-state index is 12.7. The highest BCUT2D eigenvalue weighted by molar-refractivity contribution is 5.96. The Hall–Kier alpha value is -3.08. The summed E-state index contributed by atoms with van der Waals surface area (Å²) >= 11 is 0. The summed E-state index contributed by atoms with van der Waals surface area (Å²) in [6.45, 7) is 1.23. The minimum Gasteiger partial charge on any atom is -0.347 e. The summed E-state index contributed by atoms with van der Waals surface area (Å²) in [4.78, 5) is 26.0. The van der Waals surface area contributed by atoms with E-state index in [0.29, 0.717) is 25.1 Å². The van der Waals surface area contributed by atoms with Crippen LogP contribution in [0.25, 0.3) is 22.2 Å². The Morgan fingerprint density at radius 2 is 1.81 bits per heavy atom. The number of hydrogen-bond acceptors (Lipinski definition) is 2. The number of hydrogen-bond donors (Lipinski definition) is 1. The van der Waals surface area contributed by atoms with Gasteiger partial charge in [0.2, 0.25) is 5.91 Å². The minimum atomic E-state index is -0.171. The van der Waals surface area contributed by atoms with E-state index in [-0.39, 0.29) is 17.4 Å². The highest BCUT2D eigenvalue weighted by atomic mass is 16.2. The summed E-state index contributed by atoms with van der Waals surface area (Å²) in [7, 11) is 2.06. The van der Waals surface area contributed by atoms with Gasteiger partial charge in [0.25, 0.3) is 5.91 Å². The molecule has 2 aromatic carbocycles. The molecule has 2 aliphatic heterocycles. The number of aromatic nitrogens is 1. The predicted molar refractivity (Wildman–Crippen MR) is 104 cm³/mol. The van der Waals surface area contributed by atoms with Crippen LogP contribution in [-0.2, 0) is 11.8 Å². The lowest BCUT2D eigenvalue weighted by molar-refractivity contribution is -0.120. The second kappa shape index (κ2) is 5.71. The smallest absolute Gasteiger partial charge is 0.254 e. The van der Waals surface area contributed by atoms with Crippen molar-refractivity contribution in [2.24, 2.45) is 7.05 Å². The first kappa shape index (κ1) is 16.1. The van der Waals surface area contributed by atoms with E-state index in [1.54, 1.807) is 0 Å². The minimum absolute atomic E-state index is 0.0327. The number of para-hydroxylation sites is 1. The topological polar surface area (TPSA) is 54.3 Å². The highest BCUT2D eigenvalue weighted by Gasteiger charge is 2.49. The van der Waals surface area contributed by atoms with Crippen molar-refractivity contribution >= 4 is 22.7 Å². The van der Waals surface area contributed by atoms with Crippen molar-refractivity contribution in [3.63, 3.8) is 0 Å². The van der Waals surface area contributed by atoms with Crippen LogP contribution in [0.4, 0.5) is 0 Å². The first-order valence-electron chi connectivity index (χ1n) is 9.30. The largest absolute Gasteiger partial charge is 0.347 e. The molecular weight excluding hydrogens is 338 g/mol. The number of rotatable bonds is 2. The number of benzene rings is 2. The number of nitrogens with one attached hydrogen (secondary N) is 1. The Bertz CT molecular complexity index is 1060. The highest BCUT2D eigenvalue weighted by Crippen LogP contribution is 2.32. The fraction of sp³-hybridized carbons (Fsp3) is 0.273. The van der Waals surface area contributed by atoms with Crippen LogP contribution in [-0.4, -0.2) is 39.9 Å². The maximum absolute atomic E-state index is 12.7. The van der Waals surface area contributed by atoms with Gasteiger partial charge in [0, 0.05) is 48.7 Å². The molecule has 1 aromatic heterocycles. The Kier molecular flexibility index (Phi) is 3.41. The van der Waals surface area contributed by atoms with Gasteiger partial charge in [-0.15, -0.1) is 0 Å². The molecule has 136 valence electrons. The quantitative estimate of drug-likeness (QED) is 0.765. The molecule has 5 nitrogen and oxygen atoms in total. The van der Waals surface area contributed by atoms with E-state index in [9.17, 15) is 9.59 Å². The van der Waals surface area contributed by atoms with Crippen LogP contribution in [0.2, 0.25) is 0 Å². The van der Waals surface area contributed by atoms with E-state index in [2.05, 4.69) is 35.1 Å². The van der Waals surface area contributed by atoms with Crippen molar-refractivity contribution in [1.82, 2.24) is 14.8 Å². The molecule has 2 amide bonds. The predicted octanol–water partition coefficient (Wildman–Crippen LogP) is 2.95. The second-order valence-corrected chi connectivity index (χ2v) is 7.71. The number of aryl methyl sites for hydroxylation is 1. The van der Waals surface area contributed by atoms with E-state index < -0.39 is 0 Å². The van der Waals surface area contributed by atoms with Crippen molar-refractivity contribution < 1.29 is 9.59 Å². The molecule has 27 heavy (non-hydrogen) atoms. The molecule has 0 bridgehead atoms. The number of carbonyl (C=O) groups excluding carboxylic acids is 2. The monoisotopic (exact) mass is 359 g/mol. The van der Waals surface area contributed by atoms with Crippen molar-refractivity contribution in [3.8, 4) is 11.3 Å². The van der Waals surface area contributed by atoms with Gasteiger partial charge in [-0.05, 0) is 36.2 Å². The molecule has 3 heterocycles. The third kappa shape index (κ3) is 2.53. The first-order valence-corrected chi connectivity index (χ1v) is 9.30. The zero-order valence-electron chi connectivity index (χ0n) is 15.2. The maximum Gasteiger partial charge on any atom is 0.254 e. The van der Waals surface area contributed by atoms with Gasteiger partial charge >= 0.3 is 0 Å². The summed E-state index contributed by atoms with van der Waals surface area (Å²) in [6.07, 6.45) is 1.40. The van der Waals surface area contributed by atoms with E-state index in [1.807, 2.05) is 41.3 Å². The van der Waals surface area contributed by atoms with Gasteiger partial charge < -0.3 is 14.8 Å². The molecule has 5 heteroatoms. The zero-order chi connectivity index (χ0) is 18.6. The standard InChI is InChI=1S/C22H21N3O2/c1-24-18-5-3-2-4-17(18)12-19(24)15-6-8-16(9-7-15)21(27)25-13-22(14-25)11-10-20(26)23-22/h2-9,12H,10-11,13-14H2,1H3,(H,23,26). The van der Waals surface area contributed by atoms with Crippen LogP contribution in [0.5, 0.6) is 0 Å². The molecular formula is C22H21N3O2. The lowest BCUT2D eigenvalue weighted by atomic mass is 9.87. The van der Waals surface area contributed by atoms with Crippen LogP contribution >= 0.6 is 0 Å². The van der Waals surface area contributed by atoms with Crippen LogP contribution in [0.1, 0.15) is 23.2 Å². The van der Waals surface area contributed by atoms with Gasteiger partial charge in [-0.2, -0.15) is 0 Å². The van der Waals surface area contributed by atoms with Crippen molar-refractivity contribution in [2.75, 3.05) is 13.1 Å². The van der Waals surface area contributed by atoms with Gasteiger partial charge in [0.05, 0.1) is 5.54 Å². The lowest BCUT2D eigenvalue weighted by Crippen LogP contribution is -2.68. The molecule has 0 radical (unpaired) electrons. The lowest BCUT2D eigenvalue weighted by Gasteiger charge is -2.47. The van der Waals surface area contributed by atoms with Gasteiger partial charge in [0.1, 0.15) is 0 Å². The van der Waals surface area contributed by atoms with Crippen molar-refractivity contribution in [1.29, 1.82) is 0 Å². The summed E-state index contributed by atoms with van der Waals surface area (Å²) < 4.78 is 2.17. The van der Waals surface area contributed by atoms with E-state index >= 15 is 0 Å². The Morgan fingerprint density at radius 3 is 2.48 bits per heavy atom. The van der Waals surface area contributed by atoms with Gasteiger partial charge in [-0.3, -0.25) is 9.59 Å². The number of likely N-dealkylation sites (tertiary alicyclic amines) is 1. The molecule has 0 aliphatic carbocycles. The van der Waals surface area contributed by atoms with Gasteiger partial charge in [-0.1, -0.05) is 30.3 Å². The van der Waals surface area contributed by atoms with Crippen LogP contribution in [0.3, 0.4) is 0 Å². The summed E-state index contributed by atoms with van der Waals surface area (Å²) in [5, 5.41) is 4.22. The van der Waals surface area contributed by atoms with Crippen LogP contribution in [0, 0.1) is 0 Å². The van der Waals surface area contributed by atoms with Crippen LogP contribution < -0.4 is 5.32 Å². The van der Waals surface area contributed by atoms with E-state index in [4.69, 9.17) is 0 Å². The molecule has 2 fully saturated rings. The number of carbonyl (C=O) groups is 2. The number of amides is 2. The fourth-order valence-corrected chi connectivity index (χ4v) is 4.37. The van der Waals surface area contributed by atoms with E-state index in [1.165, 1.54) is 10.9 Å². The van der Waals surface area contributed by atoms with Gasteiger partial charge in [0.15, 0.2) is 0 Å². The molecule has 5 rings (SSSR count). The average Bonchev–Trinajstić information content (AvgIpc) is 3.21. The molecule has 1 spiro atoms. The Labute approximate surface area is 157 Å². The SMILES string of the molecule is Cn1c(-c2ccc(C(=O)N3CC4(CCC(=O)N4)C3)cc2)cc2ccccc21. The second-order valence-electron chi connectivity index (χ2n) is 7.71. The number of nitrogens with zero attached hydrogens (tertiary/aromatic N) is 2. The zero-order valence-corrected chi connectivity index (χ0v) is 15.2. The average molecular weight is 359 g/mol. The van der Waals surface area contributed by atoms with Crippen molar-refractivity contribution in [2.45, 2.75) is 18.4 Å². The molecule has 1 N–H and O–H groups in total. The molecule has 0 atom stereocenters. The third-order valence-corrected chi connectivity index (χ3v) is 5.89. The Morgan fingerprint density at radius 1 is 1.07 bits per heavy atom. The first-order chi connectivity index (χ1) is 13.0. The summed E-state index contributed by atoms with van der Waals surface area (Å²) in [6, 6.07) is 18.3. The van der Waals surface area contributed by atoms with Crippen molar-refractivity contribution in [3.05, 3.63) is 60.2 Å². The normalized spacial score (nSPS) is 18.0. The molecule has 3 aromatic rings. The molecule has 0 saturated carbocycles. The fourth-order valence-electron chi connectivity index (χ4n) is 4.37. The third-order valence-electron chi connectivity index (χ3n) is 5.89. The summed E-state index contributed by atoms with van der Waals surface area (Å²) in [5.41, 5.74) is 3.93.